The lowest BCUT2D eigenvalue weighted by atomic mass is 9.75. The van der Waals surface area contributed by atoms with E-state index >= 15 is 0 Å². The Kier molecular flexibility index (Phi) is 10.0. The zero-order valence-electron chi connectivity index (χ0n) is 25.2. The van der Waals surface area contributed by atoms with E-state index in [2.05, 4.69) is 43.3 Å². The summed E-state index contributed by atoms with van der Waals surface area (Å²) in [4.78, 5) is 33.9. The summed E-state index contributed by atoms with van der Waals surface area (Å²) in [5.41, 5.74) is 0.642. The van der Waals surface area contributed by atoms with Crippen LogP contribution in [0.2, 0.25) is 0 Å². The van der Waals surface area contributed by atoms with Crippen molar-refractivity contribution in [2.75, 3.05) is 6.54 Å². The van der Waals surface area contributed by atoms with Crippen LogP contribution in [0.1, 0.15) is 93.7 Å². The molecule has 43 heavy (non-hydrogen) atoms. The first-order chi connectivity index (χ1) is 20.4. The number of hydrogen-bond acceptors (Lipinski definition) is 5. The van der Waals surface area contributed by atoms with Crippen molar-refractivity contribution in [1.82, 2.24) is 10.2 Å². The molecular formula is C32H41F2N7O2. The van der Waals surface area contributed by atoms with Crippen LogP contribution in [-0.4, -0.2) is 40.5 Å². The van der Waals surface area contributed by atoms with Gasteiger partial charge >= 0.3 is 0 Å². The summed E-state index contributed by atoms with van der Waals surface area (Å²) in [5.74, 6) is 3.92. The lowest BCUT2D eigenvalue weighted by Gasteiger charge is -2.46. The highest BCUT2D eigenvalue weighted by molar-refractivity contribution is 6.46. The van der Waals surface area contributed by atoms with Crippen molar-refractivity contribution in [2.45, 2.75) is 77.9 Å². The highest BCUT2D eigenvalue weighted by Crippen LogP contribution is 2.48. The maximum atomic E-state index is 14.3. The van der Waals surface area contributed by atoms with E-state index in [-0.39, 0.29) is 41.5 Å². The lowest BCUT2D eigenvalue weighted by molar-refractivity contribution is -0.133. The molecule has 1 fully saturated rings. The molecule has 2 aromatic rings. The average molecular weight is 594 g/mol. The second-order valence-corrected chi connectivity index (χ2v) is 12.3. The number of carbonyl (C=O) groups excluding carboxylic acids is 2. The maximum Gasteiger partial charge on any atom is 0.275 e. The molecule has 4 N–H and O–H groups in total. The standard InChI is InChI=1S/C32H41F2N7O2/c1-19(2)5-10-27(22-6-8-23(9-7-22)30(42)37-18-28(35)39-40-36)41-31(43)29(24-15-25(33)17-26(34)16-24)38-32(41)13-11-21(12-14-32)20(3)4/h6-9,15-17,19-21,27H,5,10-14,18H2,1-4H3,(H,37,42)(H3,35,36,39)/t21?,27-,32?/m1/s1. The Balaban J connectivity index is 1.71. The van der Waals surface area contributed by atoms with E-state index in [9.17, 15) is 18.4 Å². The van der Waals surface area contributed by atoms with E-state index in [0.29, 0.717) is 42.6 Å². The summed E-state index contributed by atoms with van der Waals surface area (Å²) < 4.78 is 28.5. The molecule has 0 saturated heterocycles. The summed E-state index contributed by atoms with van der Waals surface area (Å²) >= 11 is 0. The van der Waals surface area contributed by atoms with Gasteiger partial charge in [0.2, 0.25) is 0 Å². The fourth-order valence-corrected chi connectivity index (χ4v) is 6.21. The molecule has 1 heterocycles. The zero-order chi connectivity index (χ0) is 31.3. The average Bonchev–Trinajstić information content (AvgIpc) is 3.23. The summed E-state index contributed by atoms with van der Waals surface area (Å²) in [6.45, 7) is 8.54. The van der Waals surface area contributed by atoms with Crippen LogP contribution >= 0.6 is 0 Å². The van der Waals surface area contributed by atoms with E-state index in [1.165, 1.54) is 12.1 Å². The molecule has 2 amide bonds. The van der Waals surface area contributed by atoms with E-state index < -0.39 is 17.3 Å². The third-order valence-corrected chi connectivity index (χ3v) is 8.58. The van der Waals surface area contributed by atoms with Gasteiger partial charge in [0, 0.05) is 17.2 Å². The number of amidine groups is 1. The molecule has 0 bridgehead atoms. The fourth-order valence-electron chi connectivity index (χ4n) is 6.21. The number of nitrogens with two attached hydrogens (primary N) is 1. The van der Waals surface area contributed by atoms with Crippen molar-refractivity contribution < 1.29 is 18.4 Å². The Bertz CT molecular complexity index is 1380. The number of hydrogen-bond donors (Lipinski definition) is 3. The molecule has 2 aliphatic rings. The molecule has 11 heteroatoms. The van der Waals surface area contributed by atoms with Gasteiger partial charge < -0.3 is 16.1 Å². The molecule has 0 aromatic heterocycles. The van der Waals surface area contributed by atoms with Crippen molar-refractivity contribution in [3.8, 4) is 0 Å². The smallest absolute Gasteiger partial charge is 0.275 e. The van der Waals surface area contributed by atoms with Crippen LogP contribution in [-0.2, 0) is 4.79 Å². The van der Waals surface area contributed by atoms with Gasteiger partial charge in [-0.2, -0.15) is 0 Å². The molecule has 1 atom stereocenters. The number of nitrogens with one attached hydrogen (secondary N) is 2. The Labute approximate surface area is 251 Å². The minimum Gasteiger partial charge on any atom is -0.345 e. The number of rotatable bonds is 10. The van der Waals surface area contributed by atoms with Crippen LogP contribution in [0.25, 0.3) is 0 Å². The Morgan fingerprint density at radius 3 is 2.28 bits per heavy atom. The van der Waals surface area contributed by atoms with Gasteiger partial charge in [0.25, 0.3) is 11.8 Å². The zero-order valence-corrected chi connectivity index (χ0v) is 25.2. The van der Waals surface area contributed by atoms with Crippen LogP contribution in [0.15, 0.2) is 57.8 Å². The molecule has 1 aliphatic carbocycles. The third-order valence-electron chi connectivity index (χ3n) is 8.58. The Hall–Kier alpha value is -4.02. The Morgan fingerprint density at radius 1 is 1.09 bits per heavy atom. The van der Waals surface area contributed by atoms with Crippen LogP contribution in [0.4, 0.5) is 8.78 Å². The largest absolute Gasteiger partial charge is 0.345 e. The third kappa shape index (κ3) is 7.32. The van der Waals surface area contributed by atoms with E-state index in [1.807, 2.05) is 17.0 Å². The summed E-state index contributed by atoms with van der Waals surface area (Å²) in [5, 5.41) is 16.7. The number of amides is 2. The molecule has 1 aliphatic heterocycles. The van der Waals surface area contributed by atoms with Gasteiger partial charge in [-0.3, -0.25) is 20.0 Å². The second-order valence-electron chi connectivity index (χ2n) is 12.3. The van der Waals surface area contributed by atoms with Crippen LogP contribution in [0, 0.1) is 34.8 Å². The number of aliphatic imine (C=N–C) groups is 1. The minimum atomic E-state index is -0.823. The number of halogens is 2. The number of carbonyl (C=O) groups is 2. The number of benzene rings is 2. The van der Waals surface area contributed by atoms with Crippen molar-refractivity contribution >= 4 is 23.4 Å². The molecule has 9 nitrogen and oxygen atoms in total. The van der Waals surface area contributed by atoms with Gasteiger partial charge in [0.15, 0.2) is 5.84 Å². The molecule has 4 rings (SSSR count). The van der Waals surface area contributed by atoms with Crippen molar-refractivity contribution in [2.24, 2.45) is 38.9 Å². The molecule has 1 saturated carbocycles. The topological polar surface area (TPSA) is 136 Å². The van der Waals surface area contributed by atoms with E-state index in [1.54, 1.807) is 12.1 Å². The second kappa shape index (κ2) is 13.5. The van der Waals surface area contributed by atoms with E-state index in [0.717, 1.165) is 30.9 Å². The van der Waals surface area contributed by atoms with Crippen LogP contribution in [0.3, 0.4) is 0 Å². The van der Waals surface area contributed by atoms with Gasteiger partial charge in [-0.1, -0.05) is 45.1 Å². The van der Waals surface area contributed by atoms with Crippen molar-refractivity contribution in [3.05, 3.63) is 70.8 Å². The van der Waals surface area contributed by atoms with Crippen molar-refractivity contribution in [1.29, 1.82) is 5.41 Å². The van der Waals surface area contributed by atoms with Crippen LogP contribution in [0.5, 0.6) is 0 Å². The molecule has 0 unspecified atom stereocenters. The first-order valence-electron chi connectivity index (χ1n) is 14.9. The quantitative estimate of drug-likeness (QED) is 0.0973. The monoisotopic (exact) mass is 593 g/mol. The lowest BCUT2D eigenvalue weighted by Crippen LogP contribution is -2.51. The predicted octanol–water partition coefficient (Wildman–Crippen LogP) is 6.35. The number of nitrogens with zero attached hydrogens (tertiary/aromatic N) is 4. The van der Waals surface area contributed by atoms with Gasteiger partial charge in [-0.25, -0.2) is 8.78 Å². The summed E-state index contributed by atoms with van der Waals surface area (Å²) in [7, 11) is 0. The molecule has 230 valence electrons. The predicted molar refractivity (Wildman–Crippen MR) is 162 cm³/mol. The van der Waals surface area contributed by atoms with Gasteiger partial charge in [0.1, 0.15) is 23.0 Å². The molecular weight excluding hydrogens is 552 g/mol. The first-order valence-corrected chi connectivity index (χ1v) is 14.9. The highest BCUT2D eigenvalue weighted by atomic mass is 19.1. The summed E-state index contributed by atoms with van der Waals surface area (Å²) in [6.07, 6.45) is 4.60. The molecule has 2 aromatic carbocycles. The molecule has 1 spiro atoms. The SMILES string of the molecule is CC(C)CC[C@H](c1ccc(C(=O)NCC(=N)/N=N\N)cc1)N1C(=O)C(c2cc(F)cc(F)c2)=NC12CCC(C(C)C)CC2. The van der Waals surface area contributed by atoms with Gasteiger partial charge in [0.05, 0.1) is 12.6 Å². The van der Waals surface area contributed by atoms with E-state index in [4.69, 9.17) is 16.2 Å². The van der Waals surface area contributed by atoms with Gasteiger partial charge in [-0.05, 0) is 86.1 Å². The highest BCUT2D eigenvalue weighted by Gasteiger charge is 2.52. The van der Waals surface area contributed by atoms with Crippen LogP contribution < -0.4 is 11.2 Å². The fraction of sp³-hybridized carbons (Fsp3) is 0.500. The first kappa shape index (κ1) is 31.9. The molecule has 0 radical (unpaired) electrons. The normalized spacial score (nSPS) is 21.2. The Morgan fingerprint density at radius 2 is 1.72 bits per heavy atom. The minimum absolute atomic E-state index is 0.0871. The van der Waals surface area contributed by atoms with Crippen molar-refractivity contribution in [3.63, 3.8) is 0 Å². The van der Waals surface area contributed by atoms with Gasteiger partial charge in [-0.15, -0.1) is 5.11 Å². The maximum absolute atomic E-state index is 14.3. The summed E-state index contributed by atoms with van der Waals surface area (Å²) in [6, 6.07) is 9.82.